The van der Waals surface area contributed by atoms with E-state index in [1.54, 1.807) is 13.8 Å². The van der Waals surface area contributed by atoms with Crippen LogP contribution in [0, 0.1) is 11.8 Å². The summed E-state index contributed by atoms with van der Waals surface area (Å²) in [7, 11) is 0. The molecule has 2 N–H and O–H groups in total. The molecule has 1 spiro atoms. The summed E-state index contributed by atoms with van der Waals surface area (Å²) in [6.07, 6.45) is 5.13. The zero-order valence-corrected chi connectivity index (χ0v) is 19.1. The van der Waals surface area contributed by atoms with Gasteiger partial charge in [-0.2, -0.15) is 0 Å². The van der Waals surface area contributed by atoms with Crippen LogP contribution in [0.3, 0.4) is 0 Å². The number of hydrogen-bond donors (Lipinski definition) is 2. The number of aliphatic hydroxyl groups is 1. The van der Waals surface area contributed by atoms with Gasteiger partial charge < -0.3 is 24.8 Å². The summed E-state index contributed by atoms with van der Waals surface area (Å²) < 4.78 is 11.6. The first-order valence-corrected chi connectivity index (χ1v) is 12.0. The molecule has 4 rings (SSSR count). The minimum absolute atomic E-state index is 0.0855. The fourth-order valence-electron chi connectivity index (χ4n) is 5.96. The second-order valence-electron chi connectivity index (χ2n) is 9.04. The van der Waals surface area contributed by atoms with Crippen LogP contribution in [0.1, 0.15) is 52.4 Å². The maximum absolute atomic E-state index is 13.5. The predicted molar refractivity (Wildman–Crippen MR) is 111 cm³/mol. The highest BCUT2D eigenvalue weighted by molar-refractivity contribution is 9.09. The molecule has 0 aromatic rings. The van der Waals surface area contributed by atoms with Crippen LogP contribution < -0.4 is 5.32 Å². The average Bonchev–Trinajstić information content (AvgIpc) is 3.31. The first kappa shape index (κ1) is 22.0. The van der Waals surface area contributed by atoms with E-state index in [0.29, 0.717) is 6.42 Å². The normalized spacial score (nSPS) is 39.1. The largest absolute Gasteiger partial charge is 0.466 e. The molecular weight excluding hydrogens is 456 g/mol. The highest BCUT2D eigenvalue weighted by Crippen LogP contribution is 2.60. The number of nitrogens with zero attached hydrogens (tertiary/aromatic N) is 1. The number of likely N-dealkylation sites (tertiary alicyclic amines) is 1. The number of halogens is 1. The number of carbonyl (C=O) groups excluding carboxylic acids is 3. The van der Waals surface area contributed by atoms with Gasteiger partial charge in [-0.1, -0.05) is 35.2 Å². The van der Waals surface area contributed by atoms with Crippen molar-refractivity contribution >= 4 is 33.7 Å². The third-order valence-corrected chi connectivity index (χ3v) is 8.07. The third kappa shape index (κ3) is 3.28. The average molecular weight is 487 g/mol. The number of alkyl halides is 1. The van der Waals surface area contributed by atoms with Crippen LogP contribution in [0.5, 0.6) is 0 Å². The van der Waals surface area contributed by atoms with Gasteiger partial charge in [-0.25, -0.2) is 0 Å². The van der Waals surface area contributed by atoms with Crippen molar-refractivity contribution in [2.24, 2.45) is 11.8 Å². The Hall–Kier alpha value is -1.19. The number of ether oxygens (including phenoxy) is 2. The summed E-state index contributed by atoms with van der Waals surface area (Å²) in [5.41, 5.74) is -1.09. The highest BCUT2D eigenvalue weighted by Gasteiger charge is 2.77. The number of nitrogens with one attached hydrogen (secondary N) is 1. The summed E-state index contributed by atoms with van der Waals surface area (Å²) in [5, 5.41) is 12.9. The lowest BCUT2D eigenvalue weighted by molar-refractivity contribution is -0.155. The van der Waals surface area contributed by atoms with Crippen LogP contribution >= 0.6 is 15.9 Å². The number of fused-ring (bicyclic) bond motifs is 1. The summed E-state index contributed by atoms with van der Waals surface area (Å²) in [4.78, 5) is 41.1. The minimum atomic E-state index is -1.09. The molecule has 0 aromatic heterocycles. The molecule has 8 nitrogen and oxygen atoms in total. The first-order valence-electron chi connectivity index (χ1n) is 11.1. The Labute approximate surface area is 185 Å². The summed E-state index contributed by atoms with van der Waals surface area (Å²) >= 11 is 3.61. The van der Waals surface area contributed by atoms with Crippen LogP contribution in [0.2, 0.25) is 0 Å². The Morgan fingerprint density at radius 3 is 2.70 bits per heavy atom. The van der Waals surface area contributed by atoms with Gasteiger partial charge >= 0.3 is 5.97 Å². The molecule has 30 heavy (non-hydrogen) atoms. The Balaban J connectivity index is 1.69. The molecular formula is C21H31BrN2O6. The van der Waals surface area contributed by atoms with Crippen LogP contribution in [-0.4, -0.2) is 75.7 Å². The standard InChI is InChI=1S/C21H31BrN2O6/c1-3-29-20(28)14-15-19(27)24(11(2)10-25)17(21(15)9-13(22)16(14)30-21)18(26)23-12-7-5-4-6-8-12/h11-17,25H,3-10H2,1-2H3,(H,23,26)/t11-,13?,14-,15+,16-,17-,21+/m1/s1. The van der Waals surface area contributed by atoms with E-state index in [1.165, 1.54) is 11.3 Å². The van der Waals surface area contributed by atoms with Crippen molar-refractivity contribution in [1.82, 2.24) is 10.2 Å². The van der Waals surface area contributed by atoms with Crippen molar-refractivity contribution in [3.05, 3.63) is 0 Å². The van der Waals surface area contributed by atoms with E-state index in [4.69, 9.17) is 9.47 Å². The van der Waals surface area contributed by atoms with Crippen molar-refractivity contribution in [3.63, 3.8) is 0 Å². The fraction of sp³-hybridized carbons (Fsp3) is 0.857. The Kier molecular flexibility index (Phi) is 6.16. The molecule has 0 aromatic carbocycles. The van der Waals surface area contributed by atoms with Crippen LogP contribution in [0.4, 0.5) is 0 Å². The number of carbonyl (C=O) groups is 3. The second kappa shape index (κ2) is 8.39. The van der Waals surface area contributed by atoms with Crippen molar-refractivity contribution in [2.45, 2.75) is 87.0 Å². The zero-order valence-electron chi connectivity index (χ0n) is 17.5. The molecule has 1 unspecified atom stereocenters. The van der Waals surface area contributed by atoms with Crippen molar-refractivity contribution in [1.29, 1.82) is 0 Å². The smallest absolute Gasteiger partial charge is 0.312 e. The number of aliphatic hydroxyl groups excluding tert-OH is 1. The predicted octanol–water partition coefficient (Wildman–Crippen LogP) is 1.13. The summed E-state index contributed by atoms with van der Waals surface area (Å²) in [5.74, 6) is -2.54. The van der Waals surface area contributed by atoms with Gasteiger partial charge in [0, 0.05) is 10.9 Å². The molecule has 9 heteroatoms. The Morgan fingerprint density at radius 1 is 1.37 bits per heavy atom. The van der Waals surface area contributed by atoms with E-state index in [2.05, 4.69) is 21.2 Å². The molecule has 1 aliphatic carbocycles. The summed E-state index contributed by atoms with van der Waals surface area (Å²) in [6.45, 7) is 3.39. The van der Waals surface area contributed by atoms with E-state index < -0.39 is 41.6 Å². The Bertz CT molecular complexity index is 714. The number of hydrogen-bond acceptors (Lipinski definition) is 6. The first-order chi connectivity index (χ1) is 14.4. The lowest BCUT2D eigenvalue weighted by atomic mass is 9.70. The van der Waals surface area contributed by atoms with E-state index in [0.717, 1.165) is 25.7 Å². The number of esters is 1. The van der Waals surface area contributed by atoms with Gasteiger partial charge in [0.25, 0.3) is 0 Å². The third-order valence-electron chi connectivity index (χ3n) is 7.22. The van der Waals surface area contributed by atoms with Gasteiger partial charge in [-0.3, -0.25) is 14.4 Å². The molecule has 2 bridgehead atoms. The molecule has 7 atom stereocenters. The SMILES string of the molecule is CCOC(=O)[C@H]1[C@@H]2O[C@@]3(CC2Br)[C@@H]1C(=O)N([C@H](C)CO)[C@@H]3C(=O)NC1CCCCC1. The van der Waals surface area contributed by atoms with Crippen LogP contribution in [0.25, 0.3) is 0 Å². The molecule has 4 fully saturated rings. The van der Waals surface area contributed by atoms with Gasteiger partial charge in [0.1, 0.15) is 11.6 Å². The van der Waals surface area contributed by atoms with Gasteiger partial charge in [0.05, 0.1) is 37.2 Å². The highest BCUT2D eigenvalue weighted by atomic mass is 79.9. The number of amides is 2. The molecule has 4 aliphatic rings. The van der Waals surface area contributed by atoms with Crippen molar-refractivity contribution in [2.75, 3.05) is 13.2 Å². The molecule has 3 heterocycles. The van der Waals surface area contributed by atoms with E-state index in [-0.39, 0.29) is 35.9 Å². The fourth-order valence-corrected chi connectivity index (χ4v) is 6.91. The van der Waals surface area contributed by atoms with E-state index in [1.807, 2.05) is 0 Å². The quantitative estimate of drug-likeness (QED) is 0.430. The van der Waals surface area contributed by atoms with Gasteiger partial charge in [0.15, 0.2) is 0 Å². The summed E-state index contributed by atoms with van der Waals surface area (Å²) in [6, 6.07) is -1.34. The van der Waals surface area contributed by atoms with E-state index in [9.17, 15) is 19.5 Å². The maximum atomic E-state index is 13.5. The molecule has 2 amide bonds. The van der Waals surface area contributed by atoms with Crippen LogP contribution in [0.15, 0.2) is 0 Å². The second-order valence-corrected chi connectivity index (χ2v) is 10.2. The maximum Gasteiger partial charge on any atom is 0.312 e. The lowest BCUT2D eigenvalue weighted by Crippen LogP contribution is -2.59. The van der Waals surface area contributed by atoms with E-state index >= 15 is 0 Å². The molecule has 168 valence electrons. The minimum Gasteiger partial charge on any atom is -0.466 e. The molecule has 0 radical (unpaired) electrons. The van der Waals surface area contributed by atoms with Gasteiger partial charge in [-0.05, 0) is 33.1 Å². The van der Waals surface area contributed by atoms with Gasteiger partial charge in [-0.15, -0.1) is 0 Å². The molecule has 3 aliphatic heterocycles. The lowest BCUT2D eigenvalue weighted by Gasteiger charge is -2.37. The van der Waals surface area contributed by atoms with Crippen LogP contribution in [-0.2, 0) is 23.9 Å². The van der Waals surface area contributed by atoms with Crippen molar-refractivity contribution < 1.29 is 29.0 Å². The monoisotopic (exact) mass is 486 g/mol. The van der Waals surface area contributed by atoms with Gasteiger partial charge in [0.2, 0.25) is 11.8 Å². The van der Waals surface area contributed by atoms with Crippen molar-refractivity contribution in [3.8, 4) is 0 Å². The topological polar surface area (TPSA) is 105 Å². The number of rotatable bonds is 6. The molecule has 1 saturated carbocycles. The Morgan fingerprint density at radius 2 is 2.07 bits per heavy atom. The molecule has 3 saturated heterocycles. The zero-order chi connectivity index (χ0) is 21.6.